The predicted octanol–water partition coefficient (Wildman–Crippen LogP) is 9.13. The lowest BCUT2D eigenvalue weighted by atomic mass is 9.95. The van der Waals surface area contributed by atoms with Crippen LogP contribution in [0.1, 0.15) is 0 Å². The molecule has 0 spiro atoms. The Hall–Kier alpha value is -5.48. The summed E-state index contributed by atoms with van der Waals surface area (Å²) in [6.07, 6.45) is 7.85. The second-order valence-corrected chi connectivity index (χ2v) is 9.66. The Balaban J connectivity index is 1.33. The molecule has 0 saturated carbocycles. The highest BCUT2D eigenvalue weighted by Crippen LogP contribution is 2.41. The van der Waals surface area contributed by atoms with Crippen molar-refractivity contribution >= 4 is 0 Å². The van der Waals surface area contributed by atoms with E-state index in [1.54, 1.807) is 0 Å². The summed E-state index contributed by atoms with van der Waals surface area (Å²) in [5, 5.41) is 0. The first-order valence-corrected chi connectivity index (χ1v) is 13.3. The topological polar surface area (TPSA) is 57.4 Å². The summed E-state index contributed by atoms with van der Waals surface area (Å²) in [4.78, 5) is 16.8. The average molecular weight is 515 g/mol. The Labute approximate surface area is 233 Å². The molecule has 0 unspecified atom stereocenters. The molecule has 0 bridgehead atoms. The Kier molecular flexibility index (Phi) is 6.11. The van der Waals surface area contributed by atoms with E-state index in [1.165, 1.54) is 0 Å². The minimum Gasteiger partial charge on any atom is -0.359 e. The summed E-state index contributed by atoms with van der Waals surface area (Å²) in [6.45, 7) is 0. The fraction of sp³-hybridized carbons (Fsp3) is 0. The van der Waals surface area contributed by atoms with E-state index in [1.807, 2.05) is 36.7 Å². The van der Waals surface area contributed by atoms with Gasteiger partial charge in [0.25, 0.3) is 0 Å². The van der Waals surface area contributed by atoms with Crippen LogP contribution in [0.3, 0.4) is 0 Å². The second kappa shape index (κ2) is 10.4. The Morgan fingerprint density at radius 2 is 0.700 bits per heavy atom. The molecule has 0 aliphatic rings. The van der Waals surface area contributed by atoms with Crippen LogP contribution < -0.4 is 0 Å². The Bertz CT molecular complexity index is 1710. The maximum absolute atomic E-state index is 4.92. The fourth-order valence-electron chi connectivity index (χ4n) is 5.34. The van der Waals surface area contributed by atoms with Crippen molar-refractivity contribution in [2.24, 2.45) is 0 Å². The zero-order chi connectivity index (χ0) is 26.7. The normalized spacial score (nSPS) is 11.0. The van der Waals surface area contributed by atoms with E-state index < -0.39 is 0 Å². The third-order valence-electron chi connectivity index (χ3n) is 7.22. The summed E-state index contributed by atoms with van der Waals surface area (Å²) in [5.41, 5.74) is 12.6. The predicted molar refractivity (Wildman–Crippen MR) is 163 cm³/mol. The molecule has 3 heterocycles. The quantitative estimate of drug-likeness (QED) is 0.232. The van der Waals surface area contributed by atoms with Crippen molar-refractivity contribution in [1.82, 2.24) is 19.9 Å². The number of hydrogen-bond donors (Lipinski definition) is 2. The molecule has 7 aromatic rings. The zero-order valence-electron chi connectivity index (χ0n) is 21.8. The molecule has 4 heteroatoms. The van der Waals surface area contributed by atoms with E-state index in [0.717, 1.165) is 67.3 Å². The third-order valence-corrected chi connectivity index (χ3v) is 7.22. The highest BCUT2D eigenvalue weighted by atomic mass is 14.9. The van der Waals surface area contributed by atoms with Crippen molar-refractivity contribution in [1.29, 1.82) is 0 Å². The average Bonchev–Trinajstić information content (AvgIpc) is 3.69. The first-order valence-electron chi connectivity index (χ1n) is 13.3. The van der Waals surface area contributed by atoms with Gasteiger partial charge in [0.15, 0.2) is 0 Å². The lowest BCUT2D eigenvalue weighted by Gasteiger charge is -2.10. The lowest BCUT2D eigenvalue weighted by molar-refractivity contribution is 1.18. The summed E-state index contributed by atoms with van der Waals surface area (Å²) in [6, 6.07) is 41.8. The number of hydrogen-bond acceptors (Lipinski definition) is 2. The van der Waals surface area contributed by atoms with Crippen molar-refractivity contribution in [3.8, 4) is 67.3 Å². The molecule has 2 N–H and O–H groups in total. The smallest absolute Gasteiger partial charge is 0.105 e. The van der Waals surface area contributed by atoms with Gasteiger partial charge in [0.2, 0.25) is 0 Å². The first kappa shape index (κ1) is 23.6. The van der Waals surface area contributed by atoms with Gasteiger partial charge in [0.05, 0.1) is 23.8 Å². The van der Waals surface area contributed by atoms with E-state index in [9.17, 15) is 0 Å². The zero-order valence-corrected chi connectivity index (χ0v) is 21.8. The van der Waals surface area contributed by atoms with Crippen LogP contribution in [-0.2, 0) is 0 Å². The minimum atomic E-state index is 0.792. The van der Waals surface area contributed by atoms with Gasteiger partial charge in [-0.3, -0.25) is 9.97 Å². The summed E-state index contributed by atoms with van der Waals surface area (Å²) >= 11 is 0. The van der Waals surface area contributed by atoms with Gasteiger partial charge in [-0.05, 0) is 22.3 Å². The van der Waals surface area contributed by atoms with Crippen LogP contribution in [0, 0.1) is 0 Å². The van der Waals surface area contributed by atoms with E-state index >= 15 is 0 Å². The van der Waals surface area contributed by atoms with Crippen LogP contribution in [0.4, 0.5) is 0 Å². The van der Waals surface area contributed by atoms with Crippen molar-refractivity contribution in [3.05, 3.63) is 146 Å². The highest BCUT2D eigenvalue weighted by Gasteiger charge is 2.20. The molecule has 40 heavy (non-hydrogen) atoms. The SMILES string of the molecule is c1ccc(-c2c[nH]c(-c3cnc(-c4[nH]cc(-c5ccccc5)c4-c4ccccc4)cn3)c2-c2ccccc2)cc1. The van der Waals surface area contributed by atoms with E-state index in [4.69, 9.17) is 9.97 Å². The van der Waals surface area contributed by atoms with Gasteiger partial charge < -0.3 is 9.97 Å². The molecule has 0 aliphatic heterocycles. The minimum absolute atomic E-state index is 0.792. The van der Waals surface area contributed by atoms with E-state index in [-0.39, 0.29) is 0 Å². The number of nitrogens with zero attached hydrogens (tertiary/aromatic N) is 2. The van der Waals surface area contributed by atoms with Gasteiger partial charge in [-0.25, -0.2) is 0 Å². The van der Waals surface area contributed by atoms with Crippen LogP contribution in [0.2, 0.25) is 0 Å². The van der Waals surface area contributed by atoms with Crippen molar-refractivity contribution in [2.75, 3.05) is 0 Å². The Morgan fingerprint density at radius 3 is 1.02 bits per heavy atom. The van der Waals surface area contributed by atoms with Gasteiger partial charge in [0, 0.05) is 34.6 Å². The summed E-state index contributed by atoms with van der Waals surface area (Å²) in [5.74, 6) is 0. The van der Waals surface area contributed by atoms with Gasteiger partial charge in [-0.1, -0.05) is 121 Å². The van der Waals surface area contributed by atoms with Gasteiger partial charge in [-0.15, -0.1) is 0 Å². The van der Waals surface area contributed by atoms with Gasteiger partial charge >= 0.3 is 0 Å². The molecule has 3 aromatic heterocycles. The maximum Gasteiger partial charge on any atom is 0.105 e. The van der Waals surface area contributed by atoms with Crippen LogP contribution in [0.15, 0.2) is 146 Å². The number of benzene rings is 4. The molecule has 0 atom stereocenters. The maximum atomic E-state index is 4.92. The second-order valence-electron chi connectivity index (χ2n) is 9.66. The van der Waals surface area contributed by atoms with Crippen molar-refractivity contribution < 1.29 is 0 Å². The lowest BCUT2D eigenvalue weighted by Crippen LogP contribution is -1.93. The fourth-order valence-corrected chi connectivity index (χ4v) is 5.34. The molecule has 0 saturated heterocycles. The van der Waals surface area contributed by atoms with E-state index in [0.29, 0.717) is 0 Å². The molecule has 4 aromatic carbocycles. The molecule has 0 radical (unpaired) electrons. The molecule has 0 fully saturated rings. The number of rotatable bonds is 6. The highest BCUT2D eigenvalue weighted by molar-refractivity contribution is 5.94. The largest absolute Gasteiger partial charge is 0.359 e. The number of nitrogens with one attached hydrogen (secondary N) is 2. The molecule has 7 rings (SSSR count). The standard InChI is InChI=1S/C36H26N4/c1-5-13-25(14-6-1)29-21-39-35(33(29)27-17-9-3-10-18-27)31-23-38-32(24-37-31)36-34(28-19-11-4-12-20-28)30(22-40-36)26-15-7-2-8-16-26/h1-24,39-40H. The van der Waals surface area contributed by atoms with Crippen LogP contribution in [-0.4, -0.2) is 19.9 Å². The molecule has 190 valence electrons. The number of aromatic amines is 2. The van der Waals surface area contributed by atoms with Crippen molar-refractivity contribution in [3.63, 3.8) is 0 Å². The van der Waals surface area contributed by atoms with Crippen LogP contribution >= 0.6 is 0 Å². The summed E-state index contributed by atoms with van der Waals surface area (Å²) in [7, 11) is 0. The molecular weight excluding hydrogens is 488 g/mol. The van der Waals surface area contributed by atoms with Crippen LogP contribution in [0.25, 0.3) is 67.3 Å². The van der Waals surface area contributed by atoms with Crippen molar-refractivity contribution in [2.45, 2.75) is 0 Å². The number of aromatic nitrogens is 4. The molecule has 0 amide bonds. The Morgan fingerprint density at radius 1 is 0.375 bits per heavy atom. The number of H-pyrrole nitrogens is 2. The third kappa shape index (κ3) is 4.32. The van der Waals surface area contributed by atoms with Crippen LogP contribution in [0.5, 0.6) is 0 Å². The van der Waals surface area contributed by atoms with E-state index in [2.05, 4.69) is 119 Å². The van der Waals surface area contributed by atoms with Gasteiger partial charge in [0.1, 0.15) is 11.4 Å². The molecular formula is C36H26N4. The van der Waals surface area contributed by atoms with Gasteiger partial charge in [-0.2, -0.15) is 0 Å². The molecule has 4 nitrogen and oxygen atoms in total. The first-order chi connectivity index (χ1) is 19.9. The molecule has 0 aliphatic carbocycles. The monoisotopic (exact) mass is 514 g/mol. The summed E-state index contributed by atoms with van der Waals surface area (Å²) < 4.78 is 0.